The molecule has 1 amide bonds. The van der Waals surface area contributed by atoms with E-state index < -0.39 is 0 Å². The number of hydrogen-bond acceptors (Lipinski definition) is 5. The highest BCUT2D eigenvalue weighted by atomic mass is 16.5. The number of methoxy groups -OCH3 is 2. The number of benzene rings is 3. The number of nitrogens with one attached hydrogen (secondary N) is 1. The average molecular weight is 500 g/mol. The maximum Gasteiger partial charge on any atom is 0.287 e. The van der Waals surface area contributed by atoms with E-state index in [-0.39, 0.29) is 23.7 Å². The van der Waals surface area contributed by atoms with Crippen molar-refractivity contribution in [2.45, 2.75) is 32.3 Å². The van der Waals surface area contributed by atoms with Gasteiger partial charge in [0.05, 0.1) is 14.2 Å². The first-order chi connectivity index (χ1) is 17.9. The van der Waals surface area contributed by atoms with Crippen molar-refractivity contribution in [1.82, 2.24) is 5.32 Å². The molecule has 192 valence electrons. The number of ether oxygens (including phenoxy) is 3. The molecule has 6 heteroatoms. The predicted molar refractivity (Wildman–Crippen MR) is 144 cm³/mol. The van der Waals surface area contributed by atoms with Crippen LogP contribution in [0.5, 0.6) is 17.2 Å². The number of carbonyl (C=O) groups excluding carboxylic acids is 1. The number of carbonyl (C=O) groups is 1. The summed E-state index contributed by atoms with van der Waals surface area (Å²) in [6, 6.07) is 27.7. The second-order valence-electron chi connectivity index (χ2n) is 9.27. The Hall–Kier alpha value is -4.19. The van der Waals surface area contributed by atoms with Gasteiger partial charge in [0, 0.05) is 12.0 Å². The molecule has 0 aliphatic rings. The van der Waals surface area contributed by atoms with Crippen LogP contribution in [-0.4, -0.2) is 26.7 Å². The van der Waals surface area contributed by atoms with Crippen LogP contribution < -0.4 is 19.5 Å². The molecule has 1 aromatic heterocycles. The van der Waals surface area contributed by atoms with E-state index in [0.29, 0.717) is 30.2 Å². The molecule has 1 heterocycles. The fraction of sp³-hybridized carbons (Fsp3) is 0.258. The molecule has 0 saturated carbocycles. The maximum atomic E-state index is 12.5. The molecule has 0 atom stereocenters. The molecule has 0 spiro atoms. The Balaban J connectivity index is 1.27. The Morgan fingerprint density at radius 1 is 0.838 bits per heavy atom. The SMILES string of the molecule is COc1ccc(CCNC(=O)c2ccc(COc3ccc(C(C)(C)c4ccccc4)cc3)o2)cc1OC. The van der Waals surface area contributed by atoms with Gasteiger partial charge in [-0.1, -0.05) is 62.4 Å². The molecule has 0 aliphatic carbocycles. The van der Waals surface area contributed by atoms with Crippen LogP contribution in [0.4, 0.5) is 0 Å². The molecule has 6 nitrogen and oxygen atoms in total. The molecule has 3 aromatic carbocycles. The molecule has 0 radical (unpaired) electrons. The first-order valence-electron chi connectivity index (χ1n) is 12.3. The van der Waals surface area contributed by atoms with Crippen LogP contribution in [0.2, 0.25) is 0 Å². The third kappa shape index (κ3) is 6.33. The van der Waals surface area contributed by atoms with Crippen LogP contribution in [0.1, 0.15) is 46.9 Å². The number of furan rings is 1. The van der Waals surface area contributed by atoms with E-state index in [1.54, 1.807) is 26.4 Å². The maximum absolute atomic E-state index is 12.5. The largest absolute Gasteiger partial charge is 0.493 e. The minimum Gasteiger partial charge on any atom is -0.493 e. The summed E-state index contributed by atoms with van der Waals surface area (Å²) in [4.78, 5) is 12.5. The summed E-state index contributed by atoms with van der Waals surface area (Å²) < 4.78 is 22.2. The first kappa shape index (κ1) is 25.9. The Bertz CT molecular complexity index is 1310. The van der Waals surface area contributed by atoms with Crippen LogP contribution in [0.25, 0.3) is 0 Å². The van der Waals surface area contributed by atoms with Gasteiger partial charge in [0.2, 0.25) is 0 Å². The zero-order valence-corrected chi connectivity index (χ0v) is 21.7. The Morgan fingerprint density at radius 2 is 1.54 bits per heavy atom. The highest BCUT2D eigenvalue weighted by Crippen LogP contribution is 2.32. The summed E-state index contributed by atoms with van der Waals surface area (Å²) in [5.41, 5.74) is 3.39. The highest BCUT2D eigenvalue weighted by Gasteiger charge is 2.22. The molecule has 37 heavy (non-hydrogen) atoms. The lowest BCUT2D eigenvalue weighted by Crippen LogP contribution is -2.25. The van der Waals surface area contributed by atoms with E-state index in [1.807, 2.05) is 36.4 Å². The van der Waals surface area contributed by atoms with Gasteiger partial charge in [-0.05, 0) is 59.5 Å². The van der Waals surface area contributed by atoms with Gasteiger partial charge in [-0.15, -0.1) is 0 Å². The van der Waals surface area contributed by atoms with E-state index >= 15 is 0 Å². The summed E-state index contributed by atoms with van der Waals surface area (Å²) in [6.07, 6.45) is 0.653. The molecule has 0 saturated heterocycles. The molecular weight excluding hydrogens is 466 g/mol. The van der Waals surface area contributed by atoms with Gasteiger partial charge in [-0.25, -0.2) is 0 Å². The van der Waals surface area contributed by atoms with E-state index in [4.69, 9.17) is 18.6 Å². The topological polar surface area (TPSA) is 69.9 Å². The molecule has 0 aliphatic heterocycles. The summed E-state index contributed by atoms with van der Waals surface area (Å²) >= 11 is 0. The van der Waals surface area contributed by atoms with Crippen molar-refractivity contribution >= 4 is 5.91 Å². The molecule has 4 aromatic rings. The van der Waals surface area contributed by atoms with E-state index in [2.05, 4.69) is 55.6 Å². The van der Waals surface area contributed by atoms with Gasteiger partial charge in [-0.3, -0.25) is 4.79 Å². The van der Waals surface area contributed by atoms with Gasteiger partial charge in [0.15, 0.2) is 17.3 Å². The van der Waals surface area contributed by atoms with Crippen molar-refractivity contribution in [2.75, 3.05) is 20.8 Å². The third-order valence-corrected chi connectivity index (χ3v) is 6.49. The van der Waals surface area contributed by atoms with Gasteiger partial charge >= 0.3 is 0 Å². The Labute approximate surface area is 218 Å². The van der Waals surface area contributed by atoms with Gasteiger partial charge in [0.25, 0.3) is 5.91 Å². The van der Waals surface area contributed by atoms with Crippen LogP contribution in [0.3, 0.4) is 0 Å². The fourth-order valence-electron chi connectivity index (χ4n) is 4.16. The second-order valence-corrected chi connectivity index (χ2v) is 9.27. The molecule has 0 fully saturated rings. The zero-order chi connectivity index (χ0) is 26.3. The third-order valence-electron chi connectivity index (χ3n) is 6.49. The predicted octanol–water partition coefficient (Wildman–Crippen LogP) is 6.17. The lowest BCUT2D eigenvalue weighted by atomic mass is 9.78. The second kappa shape index (κ2) is 11.7. The van der Waals surface area contributed by atoms with Gasteiger partial charge < -0.3 is 23.9 Å². The number of rotatable bonds is 11. The molecule has 4 rings (SSSR count). The standard InChI is InChI=1S/C31H33NO5/c1-31(2,23-8-6-5-7-9-23)24-11-13-25(14-12-24)36-21-26-15-17-28(37-26)30(33)32-19-18-22-10-16-27(34-3)29(20-22)35-4/h5-17,20H,18-19,21H2,1-4H3,(H,32,33). The minimum atomic E-state index is -0.265. The fourth-order valence-corrected chi connectivity index (χ4v) is 4.16. The summed E-state index contributed by atoms with van der Waals surface area (Å²) in [5, 5.41) is 2.89. The molecule has 1 N–H and O–H groups in total. The van der Waals surface area contributed by atoms with Crippen molar-refractivity contribution in [3.8, 4) is 17.2 Å². The minimum absolute atomic E-state index is 0.109. The van der Waals surface area contributed by atoms with Crippen molar-refractivity contribution < 1.29 is 23.4 Å². The number of hydrogen-bond donors (Lipinski definition) is 1. The summed E-state index contributed by atoms with van der Waals surface area (Å²) in [5.74, 6) is 2.65. The average Bonchev–Trinajstić information content (AvgIpc) is 3.42. The van der Waals surface area contributed by atoms with Crippen LogP contribution in [0, 0.1) is 0 Å². The first-order valence-corrected chi connectivity index (χ1v) is 12.3. The molecular formula is C31H33NO5. The summed E-state index contributed by atoms with van der Waals surface area (Å²) in [6.45, 7) is 5.12. The molecule has 0 unspecified atom stereocenters. The van der Waals surface area contributed by atoms with E-state index in [1.165, 1.54) is 11.1 Å². The lowest BCUT2D eigenvalue weighted by Gasteiger charge is -2.26. The van der Waals surface area contributed by atoms with Gasteiger partial charge in [-0.2, -0.15) is 0 Å². The van der Waals surface area contributed by atoms with Crippen LogP contribution >= 0.6 is 0 Å². The van der Waals surface area contributed by atoms with Crippen molar-refractivity contribution in [2.24, 2.45) is 0 Å². The van der Waals surface area contributed by atoms with Crippen LogP contribution in [-0.2, 0) is 18.4 Å². The van der Waals surface area contributed by atoms with Crippen LogP contribution in [0.15, 0.2) is 89.3 Å². The monoisotopic (exact) mass is 499 g/mol. The van der Waals surface area contributed by atoms with E-state index in [9.17, 15) is 4.79 Å². The van der Waals surface area contributed by atoms with Crippen molar-refractivity contribution in [1.29, 1.82) is 0 Å². The van der Waals surface area contributed by atoms with E-state index in [0.717, 1.165) is 11.3 Å². The van der Waals surface area contributed by atoms with Crippen molar-refractivity contribution in [3.05, 3.63) is 113 Å². The van der Waals surface area contributed by atoms with Gasteiger partial charge in [0.1, 0.15) is 18.1 Å². The quantitative estimate of drug-likeness (QED) is 0.267. The lowest BCUT2D eigenvalue weighted by molar-refractivity contribution is 0.0922. The zero-order valence-electron chi connectivity index (χ0n) is 21.7. The number of amides is 1. The highest BCUT2D eigenvalue weighted by molar-refractivity contribution is 5.91. The smallest absolute Gasteiger partial charge is 0.287 e. The summed E-state index contributed by atoms with van der Waals surface area (Å²) in [7, 11) is 3.20. The Morgan fingerprint density at radius 3 is 2.24 bits per heavy atom. The molecule has 0 bridgehead atoms. The normalized spacial score (nSPS) is 11.1. The van der Waals surface area contributed by atoms with Crippen molar-refractivity contribution in [3.63, 3.8) is 0 Å². The Kier molecular flexibility index (Phi) is 8.18.